The van der Waals surface area contributed by atoms with Crippen molar-refractivity contribution in [3.05, 3.63) is 69.2 Å². The van der Waals surface area contributed by atoms with Gasteiger partial charge < -0.3 is 0 Å². The molecule has 1 amide bonds. The fourth-order valence-corrected chi connectivity index (χ4v) is 2.29. The second-order valence-corrected chi connectivity index (χ2v) is 5.68. The van der Waals surface area contributed by atoms with Crippen molar-refractivity contribution in [2.45, 2.75) is 6.54 Å². The molecule has 0 radical (unpaired) electrons. The van der Waals surface area contributed by atoms with Crippen molar-refractivity contribution in [2.24, 2.45) is 5.10 Å². The minimum atomic E-state index is -0.598. The summed E-state index contributed by atoms with van der Waals surface area (Å²) in [6.07, 6.45) is 1.27. The predicted octanol–water partition coefficient (Wildman–Crippen LogP) is 2.05. The number of carbonyl (C=O) groups excluding carboxylic acids is 1. The van der Waals surface area contributed by atoms with Gasteiger partial charge in [0.15, 0.2) is 0 Å². The molecule has 0 aliphatic rings. The highest BCUT2D eigenvalue weighted by atomic mass is 35.5. The molecular weight excluding hydrogens is 374 g/mol. The number of nitrogens with zero attached hydrogens (tertiary/aromatic N) is 6. The van der Waals surface area contributed by atoms with Crippen LogP contribution in [0.3, 0.4) is 0 Å². The third-order valence-electron chi connectivity index (χ3n) is 3.34. The van der Waals surface area contributed by atoms with Crippen LogP contribution in [-0.4, -0.2) is 37.3 Å². The minimum Gasteiger partial charge on any atom is -0.271 e. The van der Waals surface area contributed by atoms with Crippen LogP contribution in [0.5, 0.6) is 0 Å². The Kier molecular flexibility index (Phi) is 5.47. The van der Waals surface area contributed by atoms with Gasteiger partial charge in [0.25, 0.3) is 11.6 Å². The molecule has 0 aliphatic heterocycles. The molecule has 3 rings (SSSR count). The number of hydrogen-bond acceptors (Lipinski definition) is 7. The van der Waals surface area contributed by atoms with E-state index in [0.29, 0.717) is 11.4 Å². The maximum absolute atomic E-state index is 11.9. The maximum Gasteiger partial charge on any atom is 0.288 e. The van der Waals surface area contributed by atoms with Crippen molar-refractivity contribution in [2.75, 3.05) is 0 Å². The maximum atomic E-state index is 11.9. The van der Waals surface area contributed by atoms with Gasteiger partial charge in [-0.25, -0.2) is 5.43 Å². The SMILES string of the molecule is O=C(Cn1nnc(-c2ccccc2)n1)N/N=C\c1ccc(Cl)c([N+](=O)[O-])c1. The zero-order valence-corrected chi connectivity index (χ0v) is 14.4. The van der Waals surface area contributed by atoms with E-state index in [4.69, 9.17) is 11.6 Å². The van der Waals surface area contributed by atoms with Crippen molar-refractivity contribution < 1.29 is 9.72 Å². The number of halogens is 1. The summed E-state index contributed by atoms with van der Waals surface area (Å²) in [5.74, 6) is -0.0768. The number of aromatic nitrogens is 4. The van der Waals surface area contributed by atoms with E-state index in [2.05, 4.69) is 25.9 Å². The number of amides is 1. The third kappa shape index (κ3) is 4.70. The topological polar surface area (TPSA) is 128 Å². The summed E-state index contributed by atoms with van der Waals surface area (Å²) in [4.78, 5) is 23.3. The van der Waals surface area contributed by atoms with Crippen LogP contribution in [0.25, 0.3) is 11.4 Å². The molecule has 0 saturated carbocycles. The van der Waals surface area contributed by atoms with E-state index >= 15 is 0 Å². The van der Waals surface area contributed by atoms with E-state index in [-0.39, 0.29) is 17.3 Å². The summed E-state index contributed by atoms with van der Waals surface area (Å²) in [6.45, 7) is -0.183. The van der Waals surface area contributed by atoms with E-state index in [9.17, 15) is 14.9 Å². The number of nitro groups is 1. The van der Waals surface area contributed by atoms with E-state index in [1.807, 2.05) is 30.3 Å². The third-order valence-corrected chi connectivity index (χ3v) is 3.66. The number of nitrogens with one attached hydrogen (secondary N) is 1. The lowest BCUT2D eigenvalue weighted by atomic mass is 10.2. The zero-order chi connectivity index (χ0) is 19.2. The lowest BCUT2D eigenvalue weighted by molar-refractivity contribution is -0.384. The van der Waals surface area contributed by atoms with Gasteiger partial charge in [-0.05, 0) is 11.3 Å². The molecule has 1 heterocycles. The number of hydrogen-bond donors (Lipinski definition) is 1. The molecule has 0 spiro atoms. The van der Waals surface area contributed by atoms with Gasteiger partial charge in [0, 0.05) is 17.2 Å². The van der Waals surface area contributed by atoms with Crippen molar-refractivity contribution in [3.8, 4) is 11.4 Å². The number of carbonyl (C=O) groups is 1. The molecule has 2 aromatic carbocycles. The Morgan fingerprint density at radius 3 is 2.81 bits per heavy atom. The summed E-state index contributed by atoms with van der Waals surface area (Å²) >= 11 is 5.73. The Morgan fingerprint density at radius 2 is 2.07 bits per heavy atom. The lowest BCUT2D eigenvalue weighted by Crippen LogP contribution is -2.24. The first-order valence-electron chi connectivity index (χ1n) is 7.62. The molecule has 10 nitrogen and oxygen atoms in total. The molecule has 136 valence electrons. The van der Waals surface area contributed by atoms with Crippen LogP contribution in [0.15, 0.2) is 53.6 Å². The van der Waals surface area contributed by atoms with Gasteiger partial charge in [0.05, 0.1) is 11.1 Å². The molecule has 0 fully saturated rings. The number of benzene rings is 2. The number of tetrazole rings is 1. The molecular formula is C16H12ClN7O3. The summed E-state index contributed by atoms with van der Waals surface area (Å²) in [5.41, 5.74) is 3.25. The van der Waals surface area contributed by atoms with Crippen LogP contribution >= 0.6 is 11.6 Å². The Morgan fingerprint density at radius 1 is 1.30 bits per heavy atom. The molecule has 11 heteroatoms. The molecule has 0 unspecified atom stereocenters. The minimum absolute atomic E-state index is 0.0210. The smallest absolute Gasteiger partial charge is 0.271 e. The average molecular weight is 386 g/mol. The molecule has 0 saturated heterocycles. The van der Waals surface area contributed by atoms with Gasteiger partial charge in [0.2, 0.25) is 5.82 Å². The second-order valence-electron chi connectivity index (χ2n) is 5.27. The van der Waals surface area contributed by atoms with Gasteiger partial charge in [0.1, 0.15) is 11.6 Å². The molecule has 0 aliphatic carbocycles. The van der Waals surface area contributed by atoms with Crippen molar-refractivity contribution in [3.63, 3.8) is 0 Å². The molecule has 27 heavy (non-hydrogen) atoms. The van der Waals surface area contributed by atoms with Crippen LogP contribution < -0.4 is 5.43 Å². The van der Waals surface area contributed by atoms with E-state index in [1.165, 1.54) is 24.4 Å². The quantitative estimate of drug-likeness (QED) is 0.393. The molecule has 1 aromatic heterocycles. The van der Waals surface area contributed by atoms with Crippen LogP contribution in [-0.2, 0) is 11.3 Å². The Bertz CT molecular complexity index is 1000. The van der Waals surface area contributed by atoms with Crippen LogP contribution in [0.4, 0.5) is 5.69 Å². The Labute approximate surface area is 157 Å². The van der Waals surface area contributed by atoms with Gasteiger partial charge in [-0.3, -0.25) is 14.9 Å². The lowest BCUT2D eigenvalue weighted by Gasteiger charge is -1.99. The highest BCUT2D eigenvalue weighted by Crippen LogP contribution is 2.24. The Balaban J connectivity index is 1.59. The number of nitro benzene ring substituents is 1. The molecule has 0 atom stereocenters. The Hall–Kier alpha value is -3.66. The highest BCUT2D eigenvalue weighted by Gasteiger charge is 2.12. The van der Waals surface area contributed by atoms with Crippen LogP contribution in [0.1, 0.15) is 5.56 Å². The highest BCUT2D eigenvalue weighted by molar-refractivity contribution is 6.32. The summed E-state index contributed by atoms with van der Waals surface area (Å²) in [5, 5.41) is 26.4. The van der Waals surface area contributed by atoms with Crippen molar-refractivity contribution in [1.82, 2.24) is 25.6 Å². The molecule has 3 aromatic rings. The van der Waals surface area contributed by atoms with Gasteiger partial charge in [-0.2, -0.15) is 9.90 Å². The van der Waals surface area contributed by atoms with Crippen molar-refractivity contribution in [1.29, 1.82) is 0 Å². The first-order valence-corrected chi connectivity index (χ1v) is 8.00. The first-order chi connectivity index (χ1) is 13.0. The monoisotopic (exact) mass is 385 g/mol. The largest absolute Gasteiger partial charge is 0.288 e. The predicted molar refractivity (Wildman–Crippen MR) is 97.1 cm³/mol. The van der Waals surface area contributed by atoms with Gasteiger partial charge in [-0.1, -0.05) is 48.0 Å². The van der Waals surface area contributed by atoms with Crippen LogP contribution in [0, 0.1) is 10.1 Å². The van der Waals surface area contributed by atoms with E-state index < -0.39 is 10.8 Å². The number of hydrazone groups is 1. The average Bonchev–Trinajstić information content (AvgIpc) is 3.12. The zero-order valence-electron chi connectivity index (χ0n) is 13.7. The number of rotatable bonds is 6. The fraction of sp³-hybridized carbons (Fsp3) is 0.0625. The van der Waals surface area contributed by atoms with Crippen molar-refractivity contribution >= 4 is 29.4 Å². The molecule has 1 N–H and O–H groups in total. The summed E-state index contributed by atoms with van der Waals surface area (Å²) in [6, 6.07) is 13.4. The molecule has 0 bridgehead atoms. The standard InChI is InChI=1S/C16H12ClN7O3/c17-13-7-6-11(8-14(13)24(26)27)9-18-19-15(25)10-23-21-16(20-22-23)12-4-2-1-3-5-12/h1-9H,10H2,(H,19,25)/b18-9-. The van der Waals surface area contributed by atoms with E-state index in [0.717, 1.165) is 10.4 Å². The summed E-state index contributed by atoms with van der Waals surface area (Å²) < 4.78 is 0. The first kappa shape index (κ1) is 18.1. The normalized spacial score (nSPS) is 10.9. The van der Waals surface area contributed by atoms with Crippen LogP contribution in [0.2, 0.25) is 5.02 Å². The van der Waals surface area contributed by atoms with Gasteiger partial charge >= 0.3 is 0 Å². The summed E-state index contributed by atoms with van der Waals surface area (Å²) in [7, 11) is 0. The van der Waals surface area contributed by atoms with E-state index in [1.54, 1.807) is 0 Å². The van der Waals surface area contributed by atoms with Gasteiger partial charge in [-0.15, -0.1) is 10.2 Å². The second kappa shape index (κ2) is 8.15. The fourth-order valence-electron chi connectivity index (χ4n) is 2.11.